The Morgan fingerprint density at radius 3 is 2.86 bits per heavy atom. The van der Waals surface area contributed by atoms with Crippen molar-refractivity contribution in [1.82, 2.24) is 4.98 Å². The Labute approximate surface area is 130 Å². The lowest BCUT2D eigenvalue weighted by atomic mass is 9.75. The van der Waals surface area contributed by atoms with Crippen molar-refractivity contribution in [2.45, 2.75) is 39.0 Å². The lowest BCUT2D eigenvalue weighted by Gasteiger charge is -2.42. The summed E-state index contributed by atoms with van der Waals surface area (Å²) in [5.41, 5.74) is 9.56. The van der Waals surface area contributed by atoms with Gasteiger partial charge >= 0.3 is 0 Å². The van der Waals surface area contributed by atoms with E-state index in [9.17, 15) is 0 Å². The van der Waals surface area contributed by atoms with Crippen LogP contribution in [0.4, 0.5) is 11.4 Å². The molecule has 0 radical (unpaired) electrons. The van der Waals surface area contributed by atoms with Crippen molar-refractivity contribution < 1.29 is 0 Å². The van der Waals surface area contributed by atoms with Gasteiger partial charge in [-0.25, -0.2) is 4.98 Å². The molecule has 112 valence electrons. The molecular weight excluding hydrogens is 278 g/mol. The Balaban J connectivity index is 1.64. The monoisotopic (exact) mass is 301 g/mol. The van der Waals surface area contributed by atoms with Gasteiger partial charge in [0.1, 0.15) is 0 Å². The van der Waals surface area contributed by atoms with Crippen molar-refractivity contribution in [3.8, 4) is 0 Å². The van der Waals surface area contributed by atoms with Gasteiger partial charge in [0.05, 0.1) is 26.6 Å². The molecule has 2 unspecified atom stereocenters. The molecule has 21 heavy (non-hydrogen) atoms. The average molecular weight is 301 g/mol. The van der Waals surface area contributed by atoms with E-state index in [0.29, 0.717) is 0 Å². The molecule has 1 saturated heterocycles. The highest BCUT2D eigenvalue weighted by Gasteiger charge is 2.31. The Morgan fingerprint density at radius 2 is 2.00 bits per heavy atom. The molecule has 1 saturated carbocycles. The SMILES string of the molecule is Cc1nc2cc(N3CCC4CCCCC4C3)c(N)cc2s1. The Hall–Kier alpha value is -1.29. The second-order valence-electron chi connectivity index (χ2n) is 6.65. The summed E-state index contributed by atoms with van der Waals surface area (Å²) in [7, 11) is 0. The molecule has 1 aromatic carbocycles. The average Bonchev–Trinajstić information content (AvgIpc) is 2.85. The van der Waals surface area contributed by atoms with Crippen LogP contribution in [0.3, 0.4) is 0 Å². The van der Waals surface area contributed by atoms with E-state index in [0.717, 1.165) is 34.6 Å². The molecule has 2 atom stereocenters. The summed E-state index contributed by atoms with van der Waals surface area (Å²) in [5, 5.41) is 1.12. The number of nitrogens with zero attached hydrogens (tertiary/aromatic N) is 2. The van der Waals surface area contributed by atoms with Crippen molar-refractivity contribution in [3.05, 3.63) is 17.1 Å². The van der Waals surface area contributed by atoms with Crippen LogP contribution in [0, 0.1) is 18.8 Å². The molecule has 1 aromatic heterocycles. The van der Waals surface area contributed by atoms with Crippen molar-refractivity contribution >= 4 is 32.9 Å². The van der Waals surface area contributed by atoms with Crippen molar-refractivity contribution in [2.24, 2.45) is 11.8 Å². The van der Waals surface area contributed by atoms with Crippen molar-refractivity contribution in [1.29, 1.82) is 0 Å². The summed E-state index contributed by atoms with van der Waals surface area (Å²) in [6.45, 7) is 4.40. The van der Waals surface area contributed by atoms with Gasteiger partial charge in [-0.15, -0.1) is 11.3 Å². The first-order valence-corrected chi connectivity index (χ1v) is 8.94. The van der Waals surface area contributed by atoms with E-state index in [1.54, 1.807) is 11.3 Å². The summed E-state index contributed by atoms with van der Waals surface area (Å²) < 4.78 is 1.21. The van der Waals surface area contributed by atoms with Crippen molar-refractivity contribution in [3.63, 3.8) is 0 Å². The number of aromatic nitrogens is 1. The molecule has 1 aliphatic carbocycles. The Kier molecular flexibility index (Phi) is 3.29. The lowest BCUT2D eigenvalue weighted by molar-refractivity contribution is 0.202. The number of fused-ring (bicyclic) bond motifs is 2. The molecule has 2 heterocycles. The fourth-order valence-electron chi connectivity index (χ4n) is 4.19. The van der Waals surface area contributed by atoms with E-state index in [4.69, 9.17) is 5.73 Å². The number of hydrogen-bond donors (Lipinski definition) is 1. The van der Waals surface area contributed by atoms with Crippen molar-refractivity contribution in [2.75, 3.05) is 23.7 Å². The number of thiazole rings is 1. The van der Waals surface area contributed by atoms with Gasteiger partial charge in [-0.05, 0) is 43.7 Å². The van der Waals surface area contributed by atoms with Gasteiger partial charge in [-0.3, -0.25) is 0 Å². The molecular formula is C17H23N3S. The Bertz CT molecular complexity index is 663. The zero-order valence-electron chi connectivity index (χ0n) is 12.6. The summed E-state index contributed by atoms with van der Waals surface area (Å²) in [6.07, 6.45) is 7.03. The first-order valence-electron chi connectivity index (χ1n) is 8.12. The third-order valence-corrected chi connectivity index (χ3v) is 6.21. The number of piperidine rings is 1. The highest BCUT2D eigenvalue weighted by atomic mass is 32.1. The molecule has 2 aromatic rings. The van der Waals surface area contributed by atoms with Gasteiger partial charge in [0.2, 0.25) is 0 Å². The topological polar surface area (TPSA) is 42.2 Å². The number of hydrogen-bond acceptors (Lipinski definition) is 4. The van der Waals surface area contributed by atoms with Crippen LogP contribution in [0.2, 0.25) is 0 Å². The first kappa shape index (κ1) is 13.4. The third-order valence-electron chi connectivity index (χ3n) is 5.28. The summed E-state index contributed by atoms with van der Waals surface area (Å²) >= 11 is 1.73. The zero-order chi connectivity index (χ0) is 14.4. The number of rotatable bonds is 1. The minimum absolute atomic E-state index is 0.875. The standard InChI is InChI=1S/C17H23N3S/c1-11-19-15-9-16(14(18)8-17(15)21-11)20-7-6-12-4-2-3-5-13(12)10-20/h8-9,12-13H,2-7,10,18H2,1H3. The van der Waals surface area contributed by atoms with E-state index >= 15 is 0 Å². The van der Waals surface area contributed by atoms with Gasteiger partial charge in [0.25, 0.3) is 0 Å². The second-order valence-corrected chi connectivity index (χ2v) is 7.89. The molecule has 4 heteroatoms. The van der Waals surface area contributed by atoms with E-state index < -0.39 is 0 Å². The molecule has 4 rings (SSSR count). The molecule has 0 bridgehead atoms. The van der Waals surface area contributed by atoms with E-state index in [1.165, 1.54) is 49.0 Å². The molecule has 2 aliphatic rings. The van der Waals surface area contributed by atoms with Crippen LogP contribution in [0.25, 0.3) is 10.2 Å². The van der Waals surface area contributed by atoms with E-state index in [1.807, 2.05) is 0 Å². The minimum Gasteiger partial charge on any atom is -0.397 e. The van der Waals surface area contributed by atoms with Gasteiger partial charge < -0.3 is 10.6 Å². The molecule has 1 aliphatic heterocycles. The smallest absolute Gasteiger partial charge is 0.0907 e. The summed E-state index contributed by atoms with van der Waals surface area (Å²) in [4.78, 5) is 7.14. The first-order chi connectivity index (χ1) is 10.2. The van der Waals surface area contributed by atoms with Crippen LogP contribution >= 0.6 is 11.3 Å². The van der Waals surface area contributed by atoms with Crippen LogP contribution in [0.5, 0.6) is 0 Å². The van der Waals surface area contributed by atoms with Crippen LogP contribution in [-0.2, 0) is 0 Å². The minimum atomic E-state index is 0.875. The maximum absolute atomic E-state index is 6.33. The van der Waals surface area contributed by atoms with Gasteiger partial charge in [0.15, 0.2) is 0 Å². The number of aryl methyl sites for hydroxylation is 1. The molecule has 2 fully saturated rings. The molecule has 3 nitrogen and oxygen atoms in total. The predicted molar refractivity (Wildman–Crippen MR) is 91.0 cm³/mol. The number of nitrogens with two attached hydrogens (primary N) is 1. The van der Waals surface area contributed by atoms with Crippen LogP contribution in [0.15, 0.2) is 12.1 Å². The van der Waals surface area contributed by atoms with Crippen LogP contribution in [-0.4, -0.2) is 18.1 Å². The number of anilines is 2. The predicted octanol–water partition coefficient (Wildman–Crippen LogP) is 4.20. The number of nitrogen functional groups attached to an aromatic ring is 1. The fraction of sp³-hybridized carbons (Fsp3) is 0.588. The molecule has 0 amide bonds. The highest BCUT2D eigenvalue weighted by molar-refractivity contribution is 7.18. The summed E-state index contributed by atoms with van der Waals surface area (Å²) in [5.74, 6) is 1.83. The summed E-state index contributed by atoms with van der Waals surface area (Å²) in [6, 6.07) is 4.32. The fourth-order valence-corrected chi connectivity index (χ4v) is 5.04. The van der Waals surface area contributed by atoms with Gasteiger partial charge in [-0.2, -0.15) is 0 Å². The normalized spacial score (nSPS) is 26.0. The number of benzene rings is 1. The third kappa shape index (κ3) is 2.39. The maximum atomic E-state index is 6.33. The molecule has 2 N–H and O–H groups in total. The Morgan fingerprint density at radius 1 is 1.19 bits per heavy atom. The van der Waals surface area contributed by atoms with Gasteiger partial charge in [0, 0.05) is 13.1 Å². The second kappa shape index (κ2) is 5.16. The zero-order valence-corrected chi connectivity index (χ0v) is 13.5. The maximum Gasteiger partial charge on any atom is 0.0907 e. The van der Waals surface area contributed by atoms with Crippen LogP contribution in [0.1, 0.15) is 37.1 Å². The largest absolute Gasteiger partial charge is 0.397 e. The van der Waals surface area contributed by atoms with Gasteiger partial charge in [-0.1, -0.05) is 19.3 Å². The molecule has 0 spiro atoms. The lowest BCUT2D eigenvalue weighted by Crippen LogP contribution is -2.42. The van der Waals surface area contributed by atoms with Crippen LogP contribution < -0.4 is 10.6 Å². The van der Waals surface area contributed by atoms with E-state index in [-0.39, 0.29) is 0 Å². The highest BCUT2D eigenvalue weighted by Crippen LogP contribution is 2.40. The quantitative estimate of drug-likeness (QED) is 0.803. The van der Waals surface area contributed by atoms with E-state index in [2.05, 4.69) is 28.9 Å².